The molecule has 0 saturated carbocycles. The number of carbonyl (C=O) groups excluding carboxylic acids is 1. The number of amides is 1. The van der Waals surface area contributed by atoms with E-state index in [0.29, 0.717) is 19.6 Å². The predicted molar refractivity (Wildman–Crippen MR) is 66.7 cm³/mol. The standard InChI is InChI=1S/C12H20N2O3/c1-4-7-14(8-5-2)9-6-11(15)13-10(3)12(16)17/h4-5,10H,1-2,6-9H2,3H3,(H,13,15)(H,16,17). The Morgan fingerprint density at radius 1 is 1.35 bits per heavy atom. The van der Waals surface area contributed by atoms with Gasteiger partial charge < -0.3 is 10.4 Å². The quantitative estimate of drug-likeness (QED) is 0.580. The zero-order valence-corrected chi connectivity index (χ0v) is 10.2. The monoisotopic (exact) mass is 240 g/mol. The van der Waals surface area contributed by atoms with E-state index in [9.17, 15) is 9.59 Å². The zero-order chi connectivity index (χ0) is 13.3. The summed E-state index contributed by atoms with van der Waals surface area (Å²) in [5, 5.41) is 11.0. The maximum Gasteiger partial charge on any atom is 0.325 e. The molecule has 0 bridgehead atoms. The molecule has 0 radical (unpaired) electrons. The Balaban J connectivity index is 3.98. The molecule has 96 valence electrons. The van der Waals surface area contributed by atoms with Gasteiger partial charge in [0.15, 0.2) is 0 Å². The van der Waals surface area contributed by atoms with Crippen molar-refractivity contribution in [2.75, 3.05) is 19.6 Å². The first-order valence-corrected chi connectivity index (χ1v) is 5.47. The average molecular weight is 240 g/mol. The number of rotatable bonds is 9. The molecule has 1 amide bonds. The van der Waals surface area contributed by atoms with E-state index in [1.54, 1.807) is 12.2 Å². The molecule has 1 atom stereocenters. The minimum atomic E-state index is -1.03. The second-order valence-corrected chi connectivity index (χ2v) is 3.71. The summed E-state index contributed by atoms with van der Waals surface area (Å²) in [5.74, 6) is -1.30. The molecule has 0 aromatic carbocycles. The molecule has 1 unspecified atom stereocenters. The lowest BCUT2D eigenvalue weighted by molar-refractivity contribution is -0.141. The van der Waals surface area contributed by atoms with E-state index in [2.05, 4.69) is 18.5 Å². The van der Waals surface area contributed by atoms with Gasteiger partial charge in [-0.15, -0.1) is 13.2 Å². The Hall–Kier alpha value is -1.62. The van der Waals surface area contributed by atoms with Crippen LogP contribution in [0.15, 0.2) is 25.3 Å². The highest BCUT2D eigenvalue weighted by Crippen LogP contribution is 1.94. The van der Waals surface area contributed by atoms with Crippen molar-refractivity contribution in [3.05, 3.63) is 25.3 Å². The Morgan fingerprint density at radius 2 is 1.88 bits per heavy atom. The first-order valence-electron chi connectivity index (χ1n) is 5.47. The summed E-state index contributed by atoms with van der Waals surface area (Å²) in [6, 6.07) is -0.852. The van der Waals surface area contributed by atoms with Crippen molar-refractivity contribution in [3.63, 3.8) is 0 Å². The Morgan fingerprint density at radius 3 is 2.29 bits per heavy atom. The fraction of sp³-hybridized carbons (Fsp3) is 0.500. The van der Waals surface area contributed by atoms with Gasteiger partial charge in [0.05, 0.1) is 0 Å². The van der Waals surface area contributed by atoms with Gasteiger partial charge in [0.25, 0.3) is 0 Å². The van der Waals surface area contributed by atoms with Gasteiger partial charge in [-0.3, -0.25) is 14.5 Å². The lowest BCUT2D eigenvalue weighted by atomic mass is 10.3. The van der Waals surface area contributed by atoms with Crippen molar-refractivity contribution in [3.8, 4) is 0 Å². The van der Waals surface area contributed by atoms with Gasteiger partial charge in [0.2, 0.25) is 5.91 Å². The Bertz CT molecular complexity index is 279. The number of nitrogens with one attached hydrogen (secondary N) is 1. The van der Waals surface area contributed by atoms with Crippen LogP contribution in [0.4, 0.5) is 0 Å². The summed E-state index contributed by atoms with van der Waals surface area (Å²) < 4.78 is 0. The lowest BCUT2D eigenvalue weighted by Crippen LogP contribution is -2.40. The number of carbonyl (C=O) groups is 2. The lowest BCUT2D eigenvalue weighted by Gasteiger charge is -2.18. The van der Waals surface area contributed by atoms with Crippen LogP contribution in [0.2, 0.25) is 0 Å². The summed E-state index contributed by atoms with van der Waals surface area (Å²) in [6.45, 7) is 10.6. The second kappa shape index (κ2) is 8.52. The first kappa shape index (κ1) is 15.4. The number of hydrogen-bond donors (Lipinski definition) is 2. The summed E-state index contributed by atoms with van der Waals surface area (Å²) in [4.78, 5) is 23.9. The number of carboxylic acid groups (broad SMARTS) is 1. The van der Waals surface area contributed by atoms with Crippen molar-refractivity contribution < 1.29 is 14.7 Å². The molecule has 2 N–H and O–H groups in total. The van der Waals surface area contributed by atoms with Gasteiger partial charge in [-0.05, 0) is 6.92 Å². The molecular weight excluding hydrogens is 220 g/mol. The second-order valence-electron chi connectivity index (χ2n) is 3.71. The van der Waals surface area contributed by atoms with Gasteiger partial charge in [-0.1, -0.05) is 12.2 Å². The first-order chi connectivity index (χ1) is 8.01. The molecule has 0 aliphatic rings. The Kier molecular flexibility index (Phi) is 7.71. The molecule has 0 aromatic heterocycles. The topological polar surface area (TPSA) is 69.6 Å². The van der Waals surface area contributed by atoms with E-state index >= 15 is 0 Å². The highest BCUT2D eigenvalue weighted by molar-refractivity contribution is 5.83. The largest absolute Gasteiger partial charge is 0.480 e. The maximum absolute atomic E-state index is 11.4. The number of aliphatic carboxylic acids is 1. The van der Waals surface area contributed by atoms with Crippen LogP contribution in [-0.2, 0) is 9.59 Å². The molecule has 0 aromatic rings. The average Bonchev–Trinajstić information content (AvgIpc) is 2.26. The van der Waals surface area contributed by atoms with Crippen LogP contribution in [0.5, 0.6) is 0 Å². The summed E-state index contributed by atoms with van der Waals surface area (Å²) in [7, 11) is 0. The molecule has 0 heterocycles. The van der Waals surface area contributed by atoms with E-state index in [4.69, 9.17) is 5.11 Å². The Labute approximate surface area is 102 Å². The van der Waals surface area contributed by atoms with Crippen LogP contribution >= 0.6 is 0 Å². The van der Waals surface area contributed by atoms with Crippen molar-refractivity contribution in [2.24, 2.45) is 0 Å². The molecule has 0 rings (SSSR count). The van der Waals surface area contributed by atoms with Crippen LogP contribution in [0.3, 0.4) is 0 Å². The molecular formula is C12H20N2O3. The van der Waals surface area contributed by atoms with Crippen molar-refractivity contribution in [2.45, 2.75) is 19.4 Å². The molecule has 0 aliphatic heterocycles. The van der Waals surface area contributed by atoms with Crippen molar-refractivity contribution in [1.29, 1.82) is 0 Å². The van der Waals surface area contributed by atoms with Crippen LogP contribution in [0.25, 0.3) is 0 Å². The predicted octanol–water partition coefficient (Wildman–Crippen LogP) is 0.640. The molecule has 0 aliphatic carbocycles. The SMILES string of the molecule is C=CCN(CC=C)CCC(=O)NC(C)C(=O)O. The van der Waals surface area contributed by atoms with Gasteiger partial charge in [0.1, 0.15) is 6.04 Å². The third kappa shape index (κ3) is 7.30. The normalized spacial score (nSPS) is 11.9. The van der Waals surface area contributed by atoms with E-state index in [0.717, 1.165) is 0 Å². The highest BCUT2D eigenvalue weighted by Gasteiger charge is 2.14. The minimum Gasteiger partial charge on any atom is -0.480 e. The molecule has 5 heteroatoms. The van der Waals surface area contributed by atoms with Gasteiger partial charge in [-0.25, -0.2) is 0 Å². The van der Waals surface area contributed by atoms with Crippen LogP contribution in [0, 0.1) is 0 Å². The fourth-order valence-electron chi connectivity index (χ4n) is 1.26. The number of hydrogen-bond acceptors (Lipinski definition) is 3. The summed E-state index contributed by atoms with van der Waals surface area (Å²) >= 11 is 0. The van der Waals surface area contributed by atoms with Crippen molar-refractivity contribution >= 4 is 11.9 Å². The molecule has 0 fully saturated rings. The molecule has 0 saturated heterocycles. The minimum absolute atomic E-state index is 0.263. The third-order valence-corrected chi connectivity index (χ3v) is 2.18. The van der Waals surface area contributed by atoms with E-state index in [1.807, 2.05) is 4.90 Å². The van der Waals surface area contributed by atoms with Crippen molar-refractivity contribution in [1.82, 2.24) is 10.2 Å². The molecule has 0 spiro atoms. The third-order valence-electron chi connectivity index (χ3n) is 2.18. The summed E-state index contributed by atoms with van der Waals surface area (Å²) in [5.41, 5.74) is 0. The smallest absolute Gasteiger partial charge is 0.325 e. The number of nitrogens with zero attached hydrogens (tertiary/aromatic N) is 1. The van der Waals surface area contributed by atoms with E-state index in [-0.39, 0.29) is 12.3 Å². The van der Waals surface area contributed by atoms with E-state index in [1.165, 1.54) is 6.92 Å². The highest BCUT2D eigenvalue weighted by atomic mass is 16.4. The molecule has 17 heavy (non-hydrogen) atoms. The fourth-order valence-corrected chi connectivity index (χ4v) is 1.26. The van der Waals surface area contributed by atoms with Gasteiger partial charge >= 0.3 is 5.97 Å². The number of carboxylic acids is 1. The summed E-state index contributed by atoms with van der Waals surface area (Å²) in [6.07, 6.45) is 3.77. The van der Waals surface area contributed by atoms with Gasteiger partial charge in [0, 0.05) is 26.1 Å². The van der Waals surface area contributed by atoms with E-state index < -0.39 is 12.0 Å². The van der Waals surface area contributed by atoms with Crippen LogP contribution in [-0.4, -0.2) is 47.6 Å². The molecule has 5 nitrogen and oxygen atoms in total. The van der Waals surface area contributed by atoms with Crippen LogP contribution in [0.1, 0.15) is 13.3 Å². The van der Waals surface area contributed by atoms with Gasteiger partial charge in [-0.2, -0.15) is 0 Å². The zero-order valence-electron chi connectivity index (χ0n) is 10.2. The maximum atomic E-state index is 11.4. The van der Waals surface area contributed by atoms with Crippen LogP contribution < -0.4 is 5.32 Å².